The molecule has 0 radical (unpaired) electrons. The van der Waals surface area contributed by atoms with Crippen LogP contribution >= 0.6 is 0 Å². The Bertz CT molecular complexity index is 1340. The van der Waals surface area contributed by atoms with Crippen LogP contribution in [0.5, 0.6) is 0 Å². The molecule has 1 aliphatic heterocycles. The number of primary amides is 1. The number of likely N-dealkylation sites (N-methyl/N-ethyl adjacent to an activating group) is 1. The van der Waals surface area contributed by atoms with Crippen LogP contribution in [-0.2, 0) is 10.4 Å². The number of aromatic nitrogens is 3. The molecular formula is C22H19N5O4. The maximum absolute atomic E-state index is 12.3. The highest BCUT2D eigenvalue weighted by molar-refractivity contribution is 6.04. The van der Waals surface area contributed by atoms with Crippen LogP contribution < -0.4 is 5.73 Å². The van der Waals surface area contributed by atoms with Crippen molar-refractivity contribution in [1.82, 2.24) is 20.0 Å². The monoisotopic (exact) mass is 417 g/mol. The van der Waals surface area contributed by atoms with Crippen molar-refractivity contribution in [3.8, 4) is 22.5 Å². The molecular weight excluding hydrogens is 398 g/mol. The summed E-state index contributed by atoms with van der Waals surface area (Å²) in [4.78, 5) is 33.1. The smallest absolute Gasteiger partial charge is 0.269 e. The fraction of sp³-hybridized carbons (Fsp3) is 0.182. The Morgan fingerprint density at radius 3 is 2.71 bits per heavy atom. The number of H-pyrrole nitrogens is 1. The Kier molecular flexibility index (Phi) is 4.16. The van der Waals surface area contributed by atoms with Crippen molar-refractivity contribution in [2.45, 2.75) is 12.0 Å². The molecule has 1 fully saturated rings. The number of hydrogen-bond donors (Lipinski definition) is 3. The fourth-order valence-electron chi connectivity index (χ4n) is 3.92. The van der Waals surface area contributed by atoms with Crippen molar-refractivity contribution in [1.29, 1.82) is 0 Å². The summed E-state index contributed by atoms with van der Waals surface area (Å²) >= 11 is 0. The highest BCUT2D eigenvalue weighted by atomic mass is 16.5. The van der Waals surface area contributed by atoms with Crippen LogP contribution in [0.2, 0.25) is 0 Å². The second kappa shape index (κ2) is 6.78. The molecule has 2 amide bonds. The molecule has 9 heteroatoms. The lowest BCUT2D eigenvalue weighted by Crippen LogP contribution is -2.35. The molecule has 1 aromatic carbocycles. The number of carbonyl (C=O) groups excluding carboxylic acids is 2. The van der Waals surface area contributed by atoms with Crippen LogP contribution in [-0.4, -0.2) is 50.5 Å². The van der Waals surface area contributed by atoms with E-state index in [2.05, 4.69) is 15.1 Å². The molecule has 5 rings (SSSR count). The van der Waals surface area contributed by atoms with Gasteiger partial charge in [-0.3, -0.25) is 9.59 Å². The van der Waals surface area contributed by atoms with E-state index in [-0.39, 0.29) is 17.9 Å². The normalized spacial score (nSPS) is 18.8. The molecule has 0 unspecified atom stereocenters. The van der Waals surface area contributed by atoms with Gasteiger partial charge in [0.1, 0.15) is 5.69 Å². The van der Waals surface area contributed by atoms with E-state index in [1.54, 1.807) is 19.3 Å². The van der Waals surface area contributed by atoms with Gasteiger partial charge in [-0.1, -0.05) is 23.4 Å². The first-order valence-electron chi connectivity index (χ1n) is 9.71. The Morgan fingerprint density at radius 1 is 1.23 bits per heavy atom. The van der Waals surface area contributed by atoms with Crippen molar-refractivity contribution in [2.75, 3.05) is 13.6 Å². The van der Waals surface area contributed by atoms with Crippen LogP contribution in [0.15, 0.2) is 53.2 Å². The van der Waals surface area contributed by atoms with Crippen molar-refractivity contribution < 1.29 is 19.2 Å². The zero-order chi connectivity index (χ0) is 21.8. The van der Waals surface area contributed by atoms with Gasteiger partial charge in [0.05, 0.1) is 11.2 Å². The molecule has 0 aliphatic carbocycles. The minimum atomic E-state index is -1.70. The molecule has 31 heavy (non-hydrogen) atoms. The van der Waals surface area contributed by atoms with E-state index in [0.29, 0.717) is 29.0 Å². The number of likely N-dealkylation sites (tertiary alicyclic amines) is 1. The molecule has 1 atom stereocenters. The van der Waals surface area contributed by atoms with Crippen LogP contribution in [0.25, 0.3) is 33.4 Å². The molecule has 3 aromatic heterocycles. The number of pyridine rings is 1. The lowest BCUT2D eigenvalue weighted by atomic mass is 9.97. The van der Waals surface area contributed by atoms with Gasteiger partial charge < -0.3 is 25.2 Å². The van der Waals surface area contributed by atoms with E-state index in [4.69, 9.17) is 10.3 Å². The molecule has 1 saturated heterocycles. The maximum Gasteiger partial charge on any atom is 0.269 e. The average molecular weight is 417 g/mol. The molecule has 0 spiro atoms. The van der Waals surface area contributed by atoms with E-state index in [9.17, 15) is 14.7 Å². The second-order valence-electron chi connectivity index (χ2n) is 7.66. The quantitative estimate of drug-likeness (QED) is 0.464. The van der Waals surface area contributed by atoms with E-state index in [1.807, 2.05) is 36.4 Å². The topological polar surface area (TPSA) is 138 Å². The maximum atomic E-state index is 12.3. The first kappa shape index (κ1) is 19.0. The van der Waals surface area contributed by atoms with Crippen LogP contribution in [0.1, 0.15) is 22.7 Å². The SMILES string of the molecule is CN1CC[C@@](O)(c2cc(-c3cccc(-c4cc5cc[nH]c5c(C(N)=O)n4)c3)no2)C1=O. The first-order valence-corrected chi connectivity index (χ1v) is 9.71. The number of rotatable bonds is 4. The Morgan fingerprint density at radius 2 is 2.00 bits per heavy atom. The van der Waals surface area contributed by atoms with Gasteiger partial charge in [0.25, 0.3) is 11.8 Å². The zero-order valence-corrected chi connectivity index (χ0v) is 16.6. The van der Waals surface area contributed by atoms with Gasteiger partial charge in [-0.15, -0.1) is 0 Å². The van der Waals surface area contributed by atoms with Gasteiger partial charge in [-0.25, -0.2) is 4.98 Å². The lowest BCUT2D eigenvalue weighted by molar-refractivity contribution is -0.144. The van der Waals surface area contributed by atoms with Gasteiger partial charge in [-0.05, 0) is 18.2 Å². The molecule has 0 bridgehead atoms. The largest absolute Gasteiger partial charge is 0.373 e. The average Bonchev–Trinajstić information content (AvgIpc) is 3.50. The summed E-state index contributed by atoms with van der Waals surface area (Å²) in [5, 5.41) is 15.6. The molecule has 9 nitrogen and oxygen atoms in total. The van der Waals surface area contributed by atoms with Gasteiger partial charge >= 0.3 is 0 Å². The van der Waals surface area contributed by atoms with Crippen molar-refractivity contribution in [3.63, 3.8) is 0 Å². The third kappa shape index (κ3) is 2.98. The number of amides is 2. The number of nitrogens with zero attached hydrogens (tertiary/aromatic N) is 3. The Labute approximate surface area is 176 Å². The number of aromatic amines is 1. The van der Waals surface area contributed by atoms with E-state index in [0.717, 1.165) is 10.9 Å². The van der Waals surface area contributed by atoms with E-state index >= 15 is 0 Å². The third-order valence-electron chi connectivity index (χ3n) is 5.66. The Hall–Kier alpha value is -3.98. The summed E-state index contributed by atoms with van der Waals surface area (Å²) in [7, 11) is 1.63. The van der Waals surface area contributed by atoms with Gasteiger partial charge in [0, 0.05) is 48.8 Å². The number of fused-ring (bicyclic) bond motifs is 1. The van der Waals surface area contributed by atoms with Crippen molar-refractivity contribution >= 4 is 22.7 Å². The molecule has 1 aliphatic rings. The van der Waals surface area contributed by atoms with Gasteiger partial charge in [0.2, 0.25) is 5.60 Å². The van der Waals surface area contributed by atoms with Crippen LogP contribution in [0, 0.1) is 0 Å². The third-order valence-corrected chi connectivity index (χ3v) is 5.66. The summed E-state index contributed by atoms with van der Waals surface area (Å²) < 4.78 is 5.34. The minimum absolute atomic E-state index is 0.116. The summed E-state index contributed by atoms with van der Waals surface area (Å²) in [5.41, 5.74) is 7.09. The molecule has 4 N–H and O–H groups in total. The molecule has 4 aromatic rings. The van der Waals surface area contributed by atoms with Crippen molar-refractivity contribution in [2.24, 2.45) is 5.73 Å². The van der Waals surface area contributed by atoms with E-state index < -0.39 is 17.4 Å². The summed E-state index contributed by atoms with van der Waals surface area (Å²) in [6.07, 6.45) is 1.97. The summed E-state index contributed by atoms with van der Waals surface area (Å²) in [5.74, 6) is -0.914. The summed E-state index contributed by atoms with van der Waals surface area (Å²) in [6.45, 7) is 0.441. The number of aliphatic hydroxyl groups is 1. The van der Waals surface area contributed by atoms with Crippen LogP contribution in [0.4, 0.5) is 0 Å². The fourth-order valence-corrected chi connectivity index (χ4v) is 3.92. The number of nitrogens with one attached hydrogen (secondary N) is 1. The standard InChI is InChI=1S/C22H19N5O4/c1-27-8-6-22(30,21(27)29)17-11-16(26-31-17)13-4-2-3-12(9-13)15-10-14-5-7-24-18(14)19(25-15)20(23)28/h2-5,7,9-11,24,30H,6,8H2,1H3,(H2,23,28)/t22-/m1/s1. The Balaban J connectivity index is 1.54. The summed E-state index contributed by atoms with van der Waals surface area (Å²) in [6, 6.07) is 12.7. The highest BCUT2D eigenvalue weighted by Crippen LogP contribution is 2.35. The molecule has 0 saturated carbocycles. The van der Waals surface area contributed by atoms with Crippen LogP contribution in [0.3, 0.4) is 0 Å². The minimum Gasteiger partial charge on any atom is -0.373 e. The number of nitrogens with two attached hydrogens (primary N) is 1. The second-order valence-corrected chi connectivity index (χ2v) is 7.66. The van der Waals surface area contributed by atoms with Crippen molar-refractivity contribution in [3.05, 3.63) is 60.1 Å². The molecule has 4 heterocycles. The highest BCUT2D eigenvalue weighted by Gasteiger charge is 2.48. The first-order chi connectivity index (χ1) is 14.9. The van der Waals surface area contributed by atoms with Gasteiger partial charge in [-0.2, -0.15) is 0 Å². The zero-order valence-electron chi connectivity index (χ0n) is 16.6. The predicted octanol–water partition coefficient (Wildman–Crippen LogP) is 2.03. The number of hydrogen-bond acceptors (Lipinski definition) is 6. The lowest BCUT2D eigenvalue weighted by Gasteiger charge is -2.16. The van der Waals surface area contributed by atoms with E-state index in [1.165, 1.54) is 4.90 Å². The predicted molar refractivity (Wildman–Crippen MR) is 112 cm³/mol. The molecule has 156 valence electrons. The van der Waals surface area contributed by atoms with Gasteiger partial charge in [0.15, 0.2) is 11.5 Å². The number of carbonyl (C=O) groups is 2. The number of benzene rings is 1.